The maximum Gasteiger partial charge on any atom is 0.127 e. The molecule has 0 aromatic heterocycles. The summed E-state index contributed by atoms with van der Waals surface area (Å²) in [5.41, 5.74) is 1.19. The molecule has 0 aliphatic carbocycles. The highest BCUT2D eigenvalue weighted by Crippen LogP contribution is 2.15. The van der Waals surface area contributed by atoms with Crippen LogP contribution in [0.1, 0.15) is 12.5 Å². The van der Waals surface area contributed by atoms with Gasteiger partial charge in [-0.25, -0.2) is 0 Å². The standard InChI is InChI=1S/C12H14O.C2H4/c1-4-6-11(3)13-12-8-5-7-10(2)9-12;1-2/h4-9H,3H2,1-2H3;1-2H2/b6-4-;. The largest absolute Gasteiger partial charge is 0.458 e. The van der Waals surface area contributed by atoms with E-state index < -0.39 is 0 Å². The highest BCUT2D eigenvalue weighted by atomic mass is 16.5. The molecule has 0 saturated carbocycles. The molecule has 0 atom stereocenters. The van der Waals surface area contributed by atoms with Crippen molar-refractivity contribution in [3.63, 3.8) is 0 Å². The number of ether oxygens (including phenoxy) is 1. The zero-order chi connectivity index (χ0) is 11.7. The van der Waals surface area contributed by atoms with E-state index in [1.165, 1.54) is 5.56 Å². The van der Waals surface area contributed by atoms with Crippen LogP contribution in [0.3, 0.4) is 0 Å². The van der Waals surface area contributed by atoms with Crippen molar-refractivity contribution in [2.75, 3.05) is 0 Å². The lowest BCUT2D eigenvalue weighted by Crippen LogP contribution is -1.89. The Bertz CT molecular complexity index is 337. The topological polar surface area (TPSA) is 9.23 Å². The fourth-order valence-corrected chi connectivity index (χ4v) is 1.05. The second kappa shape index (κ2) is 7.63. The molecule has 0 saturated heterocycles. The Morgan fingerprint density at radius 3 is 2.53 bits per heavy atom. The first-order valence-electron chi connectivity index (χ1n) is 4.78. The molecule has 0 bridgehead atoms. The molecule has 0 N–H and O–H groups in total. The molecule has 0 unspecified atom stereocenters. The Morgan fingerprint density at radius 1 is 1.33 bits per heavy atom. The van der Waals surface area contributed by atoms with E-state index in [-0.39, 0.29) is 0 Å². The molecule has 0 fully saturated rings. The van der Waals surface area contributed by atoms with Crippen molar-refractivity contribution < 1.29 is 4.74 Å². The Morgan fingerprint density at radius 2 is 2.00 bits per heavy atom. The molecule has 1 rings (SSSR count). The quantitative estimate of drug-likeness (QED) is 0.404. The number of hydrogen-bond acceptors (Lipinski definition) is 1. The number of rotatable bonds is 3. The van der Waals surface area contributed by atoms with Gasteiger partial charge in [0.25, 0.3) is 0 Å². The zero-order valence-corrected chi connectivity index (χ0v) is 9.49. The van der Waals surface area contributed by atoms with E-state index in [4.69, 9.17) is 4.74 Å². The van der Waals surface area contributed by atoms with Gasteiger partial charge in [0.05, 0.1) is 0 Å². The lowest BCUT2D eigenvalue weighted by atomic mass is 10.2. The molecule has 1 aromatic carbocycles. The number of benzene rings is 1. The van der Waals surface area contributed by atoms with Crippen LogP contribution in [-0.2, 0) is 0 Å². The molecular weight excluding hydrogens is 184 g/mol. The molecule has 1 heteroatoms. The first-order chi connectivity index (χ1) is 7.22. The molecule has 0 radical (unpaired) electrons. The summed E-state index contributed by atoms with van der Waals surface area (Å²) < 4.78 is 5.45. The van der Waals surface area contributed by atoms with E-state index >= 15 is 0 Å². The molecular formula is C14H18O. The van der Waals surface area contributed by atoms with E-state index in [1.54, 1.807) is 0 Å². The van der Waals surface area contributed by atoms with Gasteiger partial charge in [-0.3, -0.25) is 0 Å². The zero-order valence-electron chi connectivity index (χ0n) is 9.49. The Hall–Kier alpha value is -1.76. The summed E-state index contributed by atoms with van der Waals surface area (Å²) in [5, 5.41) is 0. The van der Waals surface area contributed by atoms with Gasteiger partial charge in [-0.15, -0.1) is 13.2 Å². The third-order valence-electron chi connectivity index (χ3n) is 1.59. The smallest absolute Gasteiger partial charge is 0.127 e. The van der Waals surface area contributed by atoms with Gasteiger partial charge in [0, 0.05) is 0 Å². The Labute approximate surface area is 92.4 Å². The van der Waals surface area contributed by atoms with Crippen molar-refractivity contribution in [3.05, 3.63) is 67.5 Å². The van der Waals surface area contributed by atoms with Gasteiger partial charge in [0.1, 0.15) is 11.5 Å². The van der Waals surface area contributed by atoms with Gasteiger partial charge < -0.3 is 4.74 Å². The van der Waals surface area contributed by atoms with E-state index in [9.17, 15) is 0 Å². The lowest BCUT2D eigenvalue weighted by Gasteiger charge is -2.04. The Kier molecular flexibility index (Phi) is 6.73. The first kappa shape index (κ1) is 13.2. The number of hydrogen-bond donors (Lipinski definition) is 0. The van der Waals surface area contributed by atoms with Crippen LogP contribution < -0.4 is 4.74 Å². The van der Waals surface area contributed by atoms with Crippen molar-refractivity contribution in [3.8, 4) is 5.75 Å². The third kappa shape index (κ3) is 5.53. The van der Waals surface area contributed by atoms with Gasteiger partial charge in [-0.2, -0.15) is 0 Å². The predicted octanol–water partition coefficient (Wildman–Crippen LogP) is 4.27. The van der Waals surface area contributed by atoms with Crippen LogP contribution in [0.15, 0.2) is 61.9 Å². The molecule has 15 heavy (non-hydrogen) atoms. The van der Waals surface area contributed by atoms with Crippen molar-refractivity contribution in [2.45, 2.75) is 13.8 Å². The van der Waals surface area contributed by atoms with E-state index in [1.807, 2.05) is 50.3 Å². The van der Waals surface area contributed by atoms with Crippen molar-refractivity contribution in [1.82, 2.24) is 0 Å². The van der Waals surface area contributed by atoms with Gasteiger partial charge >= 0.3 is 0 Å². The summed E-state index contributed by atoms with van der Waals surface area (Å²) in [5.74, 6) is 1.50. The first-order valence-corrected chi connectivity index (χ1v) is 4.78. The maximum absolute atomic E-state index is 5.45. The van der Waals surface area contributed by atoms with Crippen LogP contribution in [0.2, 0.25) is 0 Å². The fourth-order valence-electron chi connectivity index (χ4n) is 1.05. The molecule has 80 valence electrons. The Balaban J connectivity index is 0.000000921. The van der Waals surface area contributed by atoms with Gasteiger partial charge in [-0.1, -0.05) is 24.8 Å². The second-order valence-electron chi connectivity index (χ2n) is 2.88. The molecule has 1 nitrogen and oxygen atoms in total. The van der Waals surface area contributed by atoms with Crippen molar-refractivity contribution in [1.29, 1.82) is 0 Å². The van der Waals surface area contributed by atoms with E-state index in [0.717, 1.165) is 5.75 Å². The minimum absolute atomic E-state index is 0.660. The molecule has 0 aliphatic rings. The van der Waals surface area contributed by atoms with Gasteiger partial charge in [0.15, 0.2) is 0 Å². The number of allylic oxidation sites excluding steroid dienone is 2. The van der Waals surface area contributed by atoms with Crippen LogP contribution >= 0.6 is 0 Å². The minimum atomic E-state index is 0.660. The summed E-state index contributed by atoms with van der Waals surface area (Å²) in [6, 6.07) is 7.90. The molecule has 0 aliphatic heterocycles. The highest BCUT2D eigenvalue weighted by molar-refractivity contribution is 5.29. The van der Waals surface area contributed by atoms with E-state index in [2.05, 4.69) is 19.7 Å². The highest BCUT2D eigenvalue weighted by Gasteiger charge is 1.93. The number of aryl methyl sites for hydroxylation is 1. The summed E-state index contributed by atoms with van der Waals surface area (Å²) in [7, 11) is 0. The van der Waals surface area contributed by atoms with Crippen LogP contribution in [0.5, 0.6) is 5.75 Å². The van der Waals surface area contributed by atoms with Crippen molar-refractivity contribution in [2.24, 2.45) is 0 Å². The summed E-state index contributed by atoms with van der Waals surface area (Å²) >= 11 is 0. The molecule has 1 aromatic rings. The lowest BCUT2D eigenvalue weighted by molar-refractivity contribution is 0.446. The summed E-state index contributed by atoms with van der Waals surface area (Å²) in [4.78, 5) is 0. The van der Waals surface area contributed by atoms with Crippen molar-refractivity contribution >= 4 is 0 Å². The molecule has 0 heterocycles. The monoisotopic (exact) mass is 202 g/mol. The summed E-state index contributed by atoms with van der Waals surface area (Å²) in [6.07, 6.45) is 3.74. The SMILES string of the molecule is C=C.C=C(/C=C\C)Oc1cccc(C)c1. The normalized spacial score (nSPS) is 9.20. The van der Waals surface area contributed by atoms with Crippen LogP contribution in [-0.4, -0.2) is 0 Å². The van der Waals surface area contributed by atoms with Gasteiger partial charge in [0.2, 0.25) is 0 Å². The van der Waals surface area contributed by atoms with Crippen LogP contribution in [0.25, 0.3) is 0 Å². The minimum Gasteiger partial charge on any atom is -0.458 e. The van der Waals surface area contributed by atoms with Crippen LogP contribution in [0, 0.1) is 6.92 Å². The molecule has 0 amide bonds. The van der Waals surface area contributed by atoms with E-state index in [0.29, 0.717) is 5.76 Å². The third-order valence-corrected chi connectivity index (χ3v) is 1.59. The fraction of sp³-hybridized carbons (Fsp3) is 0.143. The predicted molar refractivity (Wildman–Crippen MR) is 67.0 cm³/mol. The van der Waals surface area contributed by atoms with Crippen LogP contribution in [0.4, 0.5) is 0 Å². The average Bonchev–Trinajstić information content (AvgIpc) is 2.21. The second-order valence-corrected chi connectivity index (χ2v) is 2.88. The maximum atomic E-state index is 5.45. The molecule has 0 spiro atoms. The summed E-state index contributed by atoms with van der Waals surface area (Å²) in [6.45, 7) is 13.7. The van der Waals surface area contributed by atoms with Gasteiger partial charge in [-0.05, 0) is 37.6 Å². The average molecular weight is 202 g/mol.